The minimum absolute atomic E-state index is 0.0807. The molecule has 0 unspecified atom stereocenters. The summed E-state index contributed by atoms with van der Waals surface area (Å²) in [5.41, 5.74) is 1.80. The van der Waals surface area contributed by atoms with Gasteiger partial charge in [-0.3, -0.25) is 4.57 Å². The van der Waals surface area contributed by atoms with Gasteiger partial charge in [0.15, 0.2) is 5.65 Å². The molecule has 0 N–H and O–H groups in total. The largest absolute Gasteiger partial charge is 0.358 e. The first-order chi connectivity index (χ1) is 9.90. The average molecular weight is 292 g/mol. The molecule has 2 aromatic heterocycles. The van der Waals surface area contributed by atoms with Crippen molar-refractivity contribution in [2.24, 2.45) is 0 Å². The number of thioether (sulfide) groups is 1. The molecular formula is C14H20N4OS. The fraction of sp³-hybridized carbons (Fsp3) is 0.643. The van der Waals surface area contributed by atoms with Crippen LogP contribution < -0.4 is 0 Å². The van der Waals surface area contributed by atoms with E-state index in [1.165, 1.54) is 19.3 Å². The number of imidazole rings is 1. The van der Waals surface area contributed by atoms with E-state index in [4.69, 9.17) is 4.74 Å². The predicted molar refractivity (Wildman–Crippen MR) is 79.8 cm³/mol. The normalized spacial score (nSPS) is 19.6. The Morgan fingerprint density at radius 1 is 1.35 bits per heavy atom. The standard InChI is InChI=1S/C14H20N4OS/c1-2-3-8-20-14-12-13(15-9-16-14)18(10-17-12)11-6-4-5-7-19-11/h9-11H,2-8H2,1H3/t11-/m1/s1. The number of aromatic nitrogens is 4. The summed E-state index contributed by atoms with van der Waals surface area (Å²) in [7, 11) is 0. The quantitative estimate of drug-likeness (QED) is 0.480. The van der Waals surface area contributed by atoms with Crippen molar-refractivity contribution in [2.45, 2.75) is 50.3 Å². The van der Waals surface area contributed by atoms with Gasteiger partial charge in [-0.05, 0) is 31.4 Å². The number of unbranched alkanes of at least 4 members (excludes halogenated alkanes) is 1. The molecule has 0 amide bonds. The Morgan fingerprint density at radius 3 is 3.10 bits per heavy atom. The Hall–Kier alpha value is -1.14. The Balaban J connectivity index is 1.86. The van der Waals surface area contributed by atoms with Gasteiger partial charge in [0.2, 0.25) is 0 Å². The summed E-state index contributed by atoms with van der Waals surface area (Å²) in [6.07, 6.45) is 9.35. The molecule has 5 nitrogen and oxygen atoms in total. The third kappa shape index (κ3) is 2.81. The number of nitrogens with zero attached hydrogens (tertiary/aromatic N) is 4. The zero-order chi connectivity index (χ0) is 13.8. The number of ether oxygens (including phenoxy) is 1. The van der Waals surface area contributed by atoms with Crippen LogP contribution in [0.5, 0.6) is 0 Å². The fourth-order valence-corrected chi connectivity index (χ4v) is 3.43. The smallest absolute Gasteiger partial charge is 0.166 e. The highest BCUT2D eigenvalue weighted by molar-refractivity contribution is 7.99. The third-order valence-corrected chi connectivity index (χ3v) is 4.59. The van der Waals surface area contributed by atoms with Gasteiger partial charge < -0.3 is 4.74 Å². The zero-order valence-electron chi connectivity index (χ0n) is 11.8. The number of rotatable bonds is 5. The van der Waals surface area contributed by atoms with Gasteiger partial charge in [-0.1, -0.05) is 13.3 Å². The van der Waals surface area contributed by atoms with Crippen molar-refractivity contribution in [1.82, 2.24) is 19.5 Å². The van der Waals surface area contributed by atoms with Gasteiger partial charge in [-0.2, -0.15) is 0 Å². The first-order valence-corrected chi connectivity index (χ1v) is 8.30. The van der Waals surface area contributed by atoms with Crippen LogP contribution in [0.4, 0.5) is 0 Å². The molecule has 0 saturated carbocycles. The topological polar surface area (TPSA) is 52.8 Å². The van der Waals surface area contributed by atoms with Crippen LogP contribution in [0.2, 0.25) is 0 Å². The molecule has 1 saturated heterocycles. The molecule has 20 heavy (non-hydrogen) atoms. The molecule has 1 aliphatic heterocycles. The van der Waals surface area contributed by atoms with E-state index < -0.39 is 0 Å². The number of hydrogen-bond acceptors (Lipinski definition) is 5. The van der Waals surface area contributed by atoms with Gasteiger partial charge in [-0.15, -0.1) is 11.8 Å². The van der Waals surface area contributed by atoms with E-state index in [2.05, 4.69) is 26.4 Å². The molecule has 3 heterocycles. The molecule has 0 bridgehead atoms. The Kier molecular flexibility index (Phi) is 4.52. The van der Waals surface area contributed by atoms with E-state index >= 15 is 0 Å². The van der Waals surface area contributed by atoms with Crippen molar-refractivity contribution in [1.29, 1.82) is 0 Å². The second kappa shape index (κ2) is 6.54. The van der Waals surface area contributed by atoms with E-state index in [9.17, 15) is 0 Å². The van der Waals surface area contributed by atoms with Crippen LogP contribution in [-0.2, 0) is 4.74 Å². The highest BCUT2D eigenvalue weighted by Crippen LogP contribution is 2.29. The Bertz CT molecular complexity index is 565. The SMILES string of the molecule is CCCCSc1ncnc2c1ncn2[C@H]1CCCCO1. The lowest BCUT2D eigenvalue weighted by Crippen LogP contribution is -2.17. The van der Waals surface area contributed by atoms with Gasteiger partial charge in [0.25, 0.3) is 0 Å². The van der Waals surface area contributed by atoms with Crippen LogP contribution in [0, 0.1) is 0 Å². The van der Waals surface area contributed by atoms with Gasteiger partial charge in [0.05, 0.1) is 6.33 Å². The predicted octanol–water partition coefficient (Wildman–Crippen LogP) is 3.42. The lowest BCUT2D eigenvalue weighted by atomic mass is 10.2. The Labute approximate surface area is 123 Å². The maximum absolute atomic E-state index is 5.82. The van der Waals surface area contributed by atoms with E-state index in [1.54, 1.807) is 18.1 Å². The van der Waals surface area contributed by atoms with Gasteiger partial charge in [0, 0.05) is 6.61 Å². The summed E-state index contributed by atoms with van der Waals surface area (Å²) in [6.45, 7) is 3.03. The molecule has 0 aromatic carbocycles. The lowest BCUT2D eigenvalue weighted by molar-refractivity contribution is -0.0298. The van der Waals surface area contributed by atoms with Crippen molar-refractivity contribution in [3.8, 4) is 0 Å². The molecule has 1 aliphatic rings. The summed E-state index contributed by atoms with van der Waals surface area (Å²) in [5, 5.41) is 0.984. The van der Waals surface area contributed by atoms with E-state index in [1.807, 2.05) is 6.33 Å². The van der Waals surface area contributed by atoms with Gasteiger partial charge in [-0.25, -0.2) is 15.0 Å². The zero-order valence-corrected chi connectivity index (χ0v) is 12.6. The second-order valence-corrected chi connectivity index (χ2v) is 6.11. The van der Waals surface area contributed by atoms with Crippen molar-refractivity contribution in [3.05, 3.63) is 12.7 Å². The number of hydrogen-bond donors (Lipinski definition) is 0. The van der Waals surface area contributed by atoms with Crippen LogP contribution >= 0.6 is 11.8 Å². The minimum atomic E-state index is 0.0807. The fourth-order valence-electron chi connectivity index (χ4n) is 2.40. The maximum atomic E-state index is 5.82. The summed E-state index contributed by atoms with van der Waals surface area (Å²) in [6, 6.07) is 0. The van der Waals surface area contributed by atoms with E-state index in [-0.39, 0.29) is 6.23 Å². The molecule has 2 aromatic rings. The molecule has 1 fully saturated rings. The van der Waals surface area contributed by atoms with Crippen molar-refractivity contribution < 1.29 is 4.74 Å². The minimum Gasteiger partial charge on any atom is -0.358 e. The van der Waals surface area contributed by atoms with Crippen LogP contribution in [0.3, 0.4) is 0 Å². The molecule has 6 heteroatoms. The summed E-state index contributed by atoms with van der Waals surface area (Å²) < 4.78 is 7.88. The molecule has 0 spiro atoms. The van der Waals surface area contributed by atoms with Gasteiger partial charge >= 0.3 is 0 Å². The highest BCUT2D eigenvalue weighted by Gasteiger charge is 2.19. The van der Waals surface area contributed by atoms with Crippen LogP contribution in [-0.4, -0.2) is 31.9 Å². The number of fused-ring (bicyclic) bond motifs is 1. The summed E-state index contributed by atoms with van der Waals surface area (Å²) >= 11 is 1.77. The second-order valence-electron chi connectivity index (χ2n) is 5.03. The molecule has 3 rings (SSSR count). The van der Waals surface area contributed by atoms with Crippen LogP contribution in [0.15, 0.2) is 17.7 Å². The Morgan fingerprint density at radius 2 is 2.30 bits per heavy atom. The first-order valence-electron chi connectivity index (χ1n) is 7.32. The highest BCUT2D eigenvalue weighted by atomic mass is 32.2. The van der Waals surface area contributed by atoms with Crippen LogP contribution in [0.25, 0.3) is 11.2 Å². The molecule has 108 valence electrons. The van der Waals surface area contributed by atoms with E-state index in [0.29, 0.717) is 0 Å². The van der Waals surface area contributed by atoms with Crippen molar-refractivity contribution in [2.75, 3.05) is 12.4 Å². The van der Waals surface area contributed by atoms with Gasteiger partial charge in [0.1, 0.15) is 23.1 Å². The van der Waals surface area contributed by atoms with Crippen molar-refractivity contribution in [3.63, 3.8) is 0 Å². The molecular weight excluding hydrogens is 272 g/mol. The van der Waals surface area contributed by atoms with E-state index in [0.717, 1.165) is 41.4 Å². The molecule has 0 aliphatic carbocycles. The maximum Gasteiger partial charge on any atom is 0.166 e. The average Bonchev–Trinajstić information content (AvgIpc) is 2.93. The summed E-state index contributed by atoms with van der Waals surface area (Å²) in [5.74, 6) is 1.08. The summed E-state index contributed by atoms with van der Waals surface area (Å²) in [4.78, 5) is 13.3. The monoisotopic (exact) mass is 292 g/mol. The third-order valence-electron chi connectivity index (χ3n) is 3.53. The molecule has 1 atom stereocenters. The molecule has 0 radical (unpaired) electrons. The van der Waals surface area contributed by atoms with Crippen LogP contribution in [0.1, 0.15) is 45.3 Å². The first kappa shape index (κ1) is 13.8. The van der Waals surface area contributed by atoms with Crippen molar-refractivity contribution >= 4 is 22.9 Å². The lowest BCUT2D eigenvalue weighted by Gasteiger charge is -2.23.